The minimum absolute atomic E-state index is 0.0845. The van der Waals surface area contributed by atoms with Gasteiger partial charge >= 0.3 is 5.97 Å². The number of Topliss-reactive ketones (excluding diaryl/α,β-unsaturated/α-hetero) is 1. The third-order valence-electron chi connectivity index (χ3n) is 6.06. The normalized spacial score (nSPS) is 23.7. The lowest BCUT2D eigenvalue weighted by Crippen LogP contribution is -2.33. The van der Waals surface area contributed by atoms with Gasteiger partial charge in [-0.15, -0.1) is 0 Å². The number of cyclic esters (lactones) is 1. The van der Waals surface area contributed by atoms with E-state index in [1.54, 1.807) is 12.1 Å². The van der Waals surface area contributed by atoms with Crippen LogP contribution in [0.5, 0.6) is 11.5 Å². The Morgan fingerprint density at radius 1 is 1.32 bits per heavy atom. The standard InChI is InChI=1S/C25H34O6/c1-15(2)12-18(26)13-16(3)8-7-11-25(5)17(4)22(24(29)31-25)23(28)20-10-9-19(30-6)14-21(20)27/h9-10,13-15,17,22,27H,7-8,11-12H2,1-6H3/t17-,22+,25-/m1/s1. The summed E-state index contributed by atoms with van der Waals surface area (Å²) in [5, 5.41) is 10.2. The molecule has 1 aliphatic heterocycles. The van der Waals surface area contributed by atoms with Crippen molar-refractivity contribution in [3.63, 3.8) is 0 Å². The molecule has 1 heterocycles. The molecule has 0 saturated carbocycles. The summed E-state index contributed by atoms with van der Waals surface area (Å²) in [6, 6.07) is 4.40. The fraction of sp³-hybridized carbons (Fsp3) is 0.560. The number of benzene rings is 1. The fourth-order valence-electron chi connectivity index (χ4n) is 4.10. The van der Waals surface area contributed by atoms with Crippen LogP contribution in [0.3, 0.4) is 0 Å². The number of hydrogen-bond donors (Lipinski definition) is 1. The molecule has 1 aromatic carbocycles. The monoisotopic (exact) mass is 430 g/mol. The largest absolute Gasteiger partial charge is 0.507 e. The Morgan fingerprint density at radius 3 is 2.58 bits per heavy atom. The van der Waals surface area contributed by atoms with Crippen LogP contribution in [-0.2, 0) is 14.3 Å². The van der Waals surface area contributed by atoms with Gasteiger partial charge in [0.1, 0.15) is 23.0 Å². The molecule has 2 rings (SSSR count). The van der Waals surface area contributed by atoms with E-state index in [1.165, 1.54) is 19.2 Å². The lowest BCUT2D eigenvalue weighted by Gasteiger charge is -2.28. The van der Waals surface area contributed by atoms with Crippen LogP contribution in [0.1, 0.15) is 70.7 Å². The zero-order valence-corrected chi connectivity index (χ0v) is 19.4. The number of phenolic OH excluding ortho intramolecular Hbond substituents is 1. The van der Waals surface area contributed by atoms with Crippen molar-refractivity contribution >= 4 is 17.5 Å². The summed E-state index contributed by atoms with van der Waals surface area (Å²) in [7, 11) is 1.47. The van der Waals surface area contributed by atoms with Gasteiger partial charge in [0.2, 0.25) is 0 Å². The van der Waals surface area contributed by atoms with Crippen LogP contribution in [0.25, 0.3) is 0 Å². The first-order valence-electron chi connectivity index (χ1n) is 10.8. The summed E-state index contributed by atoms with van der Waals surface area (Å²) in [6.45, 7) is 9.65. The molecule has 0 radical (unpaired) electrons. The maximum absolute atomic E-state index is 13.0. The van der Waals surface area contributed by atoms with Gasteiger partial charge in [-0.2, -0.15) is 0 Å². The number of ether oxygens (including phenoxy) is 2. The number of rotatable bonds is 10. The van der Waals surface area contributed by atoms with Crippen LogP contribution in [0, 0.1) is 17.8 Å². The van der Waals surface area contributed by atoms with E-state index in [-0.39, 0.29) is 23.0 Å². The quantitative estimate of drug-likeness (QED) is 0.246. The summed E-state index contributed by atoms with van der Waals surface area (Å²) in [5.41, 5.74) is 0.310. The SMILES string of the molecule is COc1ccc(C(=O)[C@H]2C(=O)O[C@](C)(CCCC(C)=CC(=O)CC(C)C)[C@@H]2C)c(O)c1. The molecule has 0 unspecified atom stereocenters. The summed E-state index contributed by atoms with van der Waals surface area (Å²) < 4.78 is 10.7. The van der Waals surface area contributed by atoms with E-state index < -0.39 is 23.3 Å². The molecule has 0 aromatic heterocycles. The molecule has 3 atom stereocenters. The first-order chi connectivity index (χ1) is 14.5. The van der Waals surface area contributed by atoms with Gasteiger partial charge < -0.3 is 14.6 Å². The highest BCUT2D eigenvalue weighted by Crippen LogP contribution is 2.43. The van der Waals surface area contributed by atoms with Gasteiger partial charge in [-0.1, -0.05) is 26.3 Å². The molecule has 0 bridgehead atoms. The average Bonchev–Trinajstić information content (AvgIpc) is 2.88. The molecule has 1 aliphatic rings. The highest BCUT2D eigenvalue weighted by molar-refractivity contribution is 6.11. The number of carbonyl (C=O) groups excluding carboxylic acids is 3. The third-order valence-corrected chi connectivity index (χ3v) is 6.06. The second-order valence-electron chi connectivity index (χ2n) is 9.16. The molecule has 0 spiro atoms. The Bertz CT molecular complexity index is 869. The topological polar surface area (TPSA) is 89.9 Å². The minimum atomic E-state index is -0.964. The zero-order valence-electron chi connectivity index (χ0n) is 19.4. The summed E-state index contributed by atoms with van der Waals surface area (Å²) in [6.07, 6.45) is 4.28. The van der Waals surface area contributed by atoms with Crippen LogP contribution in [-0.4, -0.2) is 35.4 Å². The van der Waals surface area contributed by atoms with Crippen molar-refractivity contribution in [3.05, 3.63) is 35.4 Å². The van der Waals surface area contributed by atoms with Gasteiger partial charge in [0.05, 0.1) is 12.7 Å². The molecule has 1 fully saturated rings. The van der Waals surface area contributed by atoms with Gasteiger partial charge in [0.25, 0.3) is 0 Å². The van der Waals surface area contributed by atoms with Crippen molar-refractivity contribution in [1.82, 2.24) is 0 Å². The Hall–Kier alpha value is -2.63. The second-order valence-corrected chi connectivity index (χ2v) is 9.16. The summed E-state index contributed by atoms with van der Waals surface area (Å²) >= 11 is 0. The van der Waals surface area contributed by atoms with E-state index in [0.717, 1.165) is 18.4 Å². The zero-order chi connectivity index (χ0) is 23.3. The molecular formula is C25H34O6. The third kappa shape index (κ3) is 5.96. The Kier molecular flexibility index (Phi) is 8.04. The molecule has 1 saturated heterocycles. The first-order valence-corrected chi connectivity index (χ1v) is 10.8. The van der Waals surface area contributed by atoms with Gasteiger partial charge in [-0.05, 0) is 57.2 Å². The average molecular weight is 431 g/mol. The molecular weight excluding hydrogens is 396 g/mol. The maximum atomic E-state index is 13.0. The van der Waals surface area contributed by atoms with E-state index in [4.69, 9.17) is 9.47 Å². The Morgan fingerprint density at radius 2 is 2.00 bits per heavy atom. The molecule has 170 valence electrons. The van der Waals surface area contributed by atoms with Gasteiger partial charge in [0, 0.05) is 18.4 Å². The van der Waals surface area contributed by atoms with E-state index in [9.17, 15) is 19.5 Å². The summed E-state index contributed by atoms with van der Waals surface area (Å²) in [5.74, 6) is -1.65. The van der Waals surface area contributed by atoms with Crippen LogP contribution in [0.4, 0.5) is 0 Å². The molecule has 6 nitrogen and oxygen atoms in total. The Balaban J connectivity index is 2.04. The number of phenols is 1. The minimum Gasteiger partial charge on any atom is -0.507 e. The lowest BCUT2D eigenvalue weighted by molar-refractivity contribution is -0.149. The molecule has 6 heteroatoms. The predicted octanol–water partition coefficient (Wildman–Crippen LogP) is 4.88. The number of aromatic hydroxyl groups is 1. The number of methoxy groups -OCH3 is 1. The smallest absolute Gasteiger partial charge is 0.317 e. The molecule has 0 amide bonds. The maximum Gasteiger partial charge on any atom is 0.317 e. The fourth-order valence-corrected chi connectivity index (χ4v) is 4.10. The van der Waals surface area contributed by atoms with E-state index in [0.29, 0.717) is 24.5 Å². The number of carbonyl (C=O) groups is 3. The lowest BCUT2D eigenvalue weighted by atomic mass is 9.77. The van der Waals surface area contributed by atoms with Crippen LogP contribution >= 0.6 is 0 Å². The number of esters is 1. The highest BCUT2D eigenvalue weighted by atomic mass is 16.6. The first kappa shape index (κ1) is 24.6. The van der Waals surface area contributed by atoms with Crippen molar-refractivity contribution < 1.29 is 29.0 Å². The highest BCUT2D eigenvalue weighted by Gasteiger charge is 2.53. The van der Waals surface area contributed by atoms with Gasteiger partial charge in [-0.25, -0.2) is 0 Å². The second kappa shape index (κ2) is 10.1. The van der Waals surface area contributed by atoms with Crippen LogP contribution in [0.2, 0.25) is 0 Å². The predicted molar refractivity (Wildman–Crippen MR) is 118 cm³/mol. The number of ketones is 2. The van der Waals surface area contributed by atoms with Crippen molar-refractivity contribution in [2.75, 3.05) is 7.11 Å². The molecule has 1 N–H and O–H groups in total. The van der Waals surface area contributed by atoms with Gasteiger partial charge in [-0.3, -0.25) is 14.4 Å². The molecule has 31 heavy (non-hydrogen) atoms. The molecule has 0 aliphatic carbocycles. The van der Waals surface area contributed by atoms with Crippen LogP contribution in [0.15, 0.2) is 29.8 Å². The molecule has 1 aromatic rings. The van der Waals surface area contributed by atoms with Crippen molar-refractivity contribution in [3.8, 4) is 11.5 Å². The Labute approximate surface area is 184 Å². The summed E-state index contributed by atoms with van der Waals surface area (Å²) in [4.78, 5) is 37.6. The van der Waals surface area contributed by atoms with Crippen molar-refractivity contribution in [2.24, 2.45) is 17.8 Å². The van der Waals surface area contributed by atoms with Crippen LogP contribution < -0.4 is 4.74 Å². The van der Waals surface area contributed by atoms with Crippen molar-refractivity contribution in [1.29, 1.82) is 0 Å². The number of hydrogen-bond acceptors (Lipinski definition) is 6. The number of allylic oxidation sites excluding steroid dienone is 2. The van der Waals surface area contributed by atoms with E-state index in [1.807, 2.05) is 34.6 Å². The van der Waals surface area contributed by atoms with E-state index in [2.05, 4.69) is 0 Å². The van der Waals surface area contributed by atoms with E-state index >= 15 is 0 Å². The van der Waals surface area contributed by atoms with Gasteiger partial charge in [0.15, 0.2) is 11.6 Å². The van der Waals surface area contributed by atoms with Crippen molar-refractivity contribution in [2.45, 2.75) is 65.9 Å².